The molecule has 0 bridgehead atoms. The van der Waals surface area contributed by atoms with Gasteiger partial charge in [-0.25, -0.2) is 0 Å². The van der Waals surface area contributed by atoms with Gasteiger partial charge >= 0.3 is 0 Å². The van der Waals surface area contributed by atoms with E-state index in [1.807, 2.05) is 42.5 Å². The number of carbonyl (C=O) groups is 1. The van der Waals surface area contributed by atoms with Crippen molar-refractivity contribution < 1.29 is 4.79 Å². The van der Waals surface area contributed by atoms with E-state index in [0.29, 0.717) is 0 Å². The number of fused-ring (bicyclic) bond motifs is 3. The van der Waals surface area contributed by atoms with Crippen LogP contribution in [-0.4, -0.2) is 5.91 Å². The van der Waals surface area contributed by atoms with Crippen molar-refractivity contribution in [1.82, 2.24) is 0 Å². The first-order valence-corrected chi connectivity index (χ1v) is 9.87. The van der Waals surface area contributed by atoms with Crippen molar-refractivity contribution in [2.24, 2.45) is 0 Å². The molecule has 2 aliphatic rings. The number of hydrogen-bond acceptors (Lipinski definition) is 3. The molecule has 1 aromatic carbocycles. The lowest BCUT2D eigenvalue weighted by atomic mass is 9.95. The largest absolute Gasteiger partial charge is 0.321 e. The Morgan fingerprint density at radius 2 is 1.96 bits per heavy atom. The highest BCUT2D eigenvalue weighted by atomic mass is 32.2. The fourth-order valence-electron chi connectivity index (χ4n) is 3.27. The molecule has 23 heavy (non-hydrogen) atoms. The maximum Gasteiger partial charge on any atom is 0.262 e. The van der Waals surface area contributed by atoms with Crippen LogP contribution in [0.5, 0.6) is 0 Å². The average molecular weight is 342 g/mol. The summed E-state index contributed by atoms with van der Waals surface area (Å²) in [5.74, 6) is 0.954. The molecule has 0 unspecified atom stereocenters. The summed E-state index contributed by atoms with van der Waals surface area (Å²) in [5, 5.41) is 3.05. The number of carbonyl (C=O) groups excluding carboxylic acids is 1. The molecular weight excluding hydrogens is 322 g/mol. The van der Waals surface area contributed by atoms with Crippen molar-refractivity contribution in [2.45, 2.75) is 38.4 Å². The highest BCUT2D eigenvalue weighted by Crippen LogP contribution is 2.42. The molecule has 4 rings (SSSR count). The third-order valence-electron chi connectivity index (χ3n) is 4.56. The van der Waals surface area contributed by atoms with Crippen molar-refractivity contribution in [3.8, 4) is 0 Å². The van der Waals surface area contributed by atoms with Crippen molar-refractivity contribution >= 4 is 40.8 Å². The Bertz CT molecular complexity index is 804. The topological polar surface area (TPSA) is 29.1 Å². The van der Waals surface area contributed by atoms with E-state index < -0.39 is 0 Å². The van der Waals surface area contributed by atoms with Crippen LogP contribution in [-0.2, 0) is 23.4 Å². The molecule has 2 nitrogen and oxygen atoms in total. The molecule has 1 amide bonds. The van der Waals surface area contributed by atoms with E-state index in [0.717, 1.165) is 21.9 Å². The lowest BCUT2D eigenvalue weighted by molar-refractivity contribution is -0.112. The van der Waals surface area contributed by atoms with Crippen LogP contribution in [0, 0.1) is 6.92 Å². The highest BCUT2D eigenvalue weighted by Gasteiger charge is 2.25. The number of aryl methyl sites for hydroxylation is 2. The minimum Gasteiger partial charge on any atom is -0.321 e. The van der Waals surface area contributed by atoms with Crippen LogP contribution in [0.15, 0.2) is 29.2 Å². The molecule has 0 atom stereocenters. The van der Waals surface area contributed by atoms with Crippen molar-refractivity contribution in [2.75, 3.05) is 5.32 Å². The first-order chi connectivity index (χ1) is 11.2. The van der Waals surface area contributed by atoms with Crippen LogP contribution >= 0.6 is 23.1 Å². The predicted octanol–water partition coefficient (Wildman–Crippen LogP) is 5.16. The maximum atomic E-state index is 12.6. The van der Waals surface area contributed by atoms with Crippen LogP contribution in [0.2, 0.25) is 0 Å². The average Bonchev–Trinajstić information content (AvgIpc) is 2.94. The normalized spacial score (nSPS) is 16.3. The second kappa shape index (κ2) is 6.17. The Labute approximate surface area is 145 Å². The number of thiophene rings is 1. The summed E-state index contributed by atoms with van der Waals surface area (Å²) in [7, 11) is 0. The fourth-order valence-corrected chi connectivity index (χ4v) is 5.80. The number of thioether (sulfide) groups is 1. The van der Waals surface area contributed by atoms with Gasteiger partial charge in [-0.2, -0.15) is 0 Å². The Morgan fingerprint density at radius 3 is 2.83 bits per heavy atom. The molecule has 2 aromatic rings. The molecule has 2 heterocycles. The summed E-state index contributed by atoms with van der Waals surface area (Å²) >= 11 is 3.57. The summed E-state index contributed by atoms with van der Waals surface area (Å²) in [6.07, 6.45) is 7.16. The van der Waals surface area contributed by atoms with Crippen molar-refractivity contribution in [1.29, 1.82) is 0 Å². The second-order valence-corrected chi connectivity index (χ2v) is 8.27. The first-order valence-electron chi connectivity index (χ1n) is 8.07. The number of para-hydroxylation sites is 1. The molecule has 0 radical (unpaired) electrons. The fraction of sp³-hybridized carbons (Fsp3) is 0.316. The summed E-state index contributed by atoms with van der Waals surface area (Å²) in [6, 6.07) is 7.92. The number of benzene rings is 1. The molecule has 0 fully saturated rings. The zero-order valence-electron chi connectivity index (χ0n) is 13.1. The van der Waals surface area contributed by atoms with Gasteiger partial charge in [-0.05, 0) is 61.4 Å². The van der Waals surface area contributed by atoms with Crippen LogP contribution in [0.4, 0.5) is 5.69 Å². The van der Waals surface area contributed by atoms with Gasteiger partial charge in [0.1, 0.15) is 0 Å². The van der Waals surface area contributed by atoms with Gasteiger partial charge in [0.15, 0.2) is 0 Å². The van der Waals surface area contributed by atoms with Gasteiger partial charge < -0.3 is 5.32 Å². The maximum absolute atomic E-state index is 12.6. The molecule has 1 aliphatic carbocycles. The third kappa shape index (κ3) is 2.86. The molecular formula is C19H19NOS2. The summed E-state index contributed by atoms with van der Waals surface area (Å²) in [4.78, 5) is 16.3. The second-order valence-electron chi connectivity index (χ2n) is 6.12. The summed E-state index contributed by atoms with van der Waals surface area (Å²) in [6.45, 7) is 2.02. The zero-order chi connectivity index (χ0) is 15.8. The molecule has 118 valence electrons. The molecule has 0 saturated heterocycles. The number of rotatable bonds is 2. The highest BCUT2D eigenvalue weighted by molar-refractivity contribution is 8.03. The molecule has 1 aromatic heterocycles. The number of anilines is 1. The summed E-state index contributed by atoms with van der Waals surface area (Å²) < 4.78 is 0. The van der Waals surface area contributed by atoms with Crippen LogP contribution in [0.1, 0.15) is 39.3 Å². The Morgan fingerprint density at radius 1 is 1.13 bits per heavy atom. The predicted molar refractivity (Wildman–Crippen MR) is 100 cm³/mol. The van der Waals surface area contributed by atoms with Gasteiger partial charge in [-0.1, -0.05) is 18.2 Å². The van der Waals surface area contributed by atoms with Crippen LogP contribution in [0.25, 0.3) is 6.08 Å². The van der Waals surface area contributed by atoms with Gasteiger partial charge in [-0.3, -0.25) is 4.79 Å². The van der Waals surface area contributed by atoms with E-state index in [9.17, 15) is 4.79 Å². The van der Waals surface area contributed by atoms with E-state index in [1.54, 1.807) is 22.2 Å². The van der Waals surface area contributed by atoms with Gasteiger partial charge in [0.2, 0.25) is 0 Å². The van der Waals surface area contributed by atoms with E-state index in [1.165, 1.54) is 36.1 Å². The van der Waals surface area contributed by atoms with E-state index in [2.05, 4.69) is 11.4 Å². The zero-order valence-corrected chi connectivity index (χ0v) is 14.8. The van der Waals surface area contributed by atoms with Crippen molar-refractivity contribution in [3.05, 3.63) is 55.6 Å². The number of amides is 1. The lowest BCUT2D eigenvalue weighted by Crippen LogP contribution is -2.15. The van der Waals surface area contributed by atoms with Gasteiger partial charge in [0.25, 0.3) is 5.91 Å². The Hall–Kier alpha value is -1.52. The Kier molecular flexibility index (Phi) is 4.04. The standard InChI is InChI=1S/C19H19NOS2/c1-12-6-2-4-8-15(12)20-19(21)18-10-17-14(11-22-18)13-7-3-5-9-16(13)23-17/h2,4,6,8,10H,3,5,7,9,11H2,1H3,(H,20,21). The number of hydrogen-bond donors (Lipinski definition) is 1. The third-order valence-corrected chi connectivity index (χ3v) is 6.89. The summed E-state index contributed by atoms with van der Waals surface area (Å²) in [5.41, 5.74) is 5.06. The number of nitrogens with one attached hydrogen (secondary N) is 1. The monoisotopic (exact) mass is 341 g/mol. The SMILES string of the molecule is Cc1ccccc1NC(=O)C1=Cc2sc3c(c2CS1)CCCC3. The van der Waals surface area contributed by atoms with E-state index in [-0.39, 0.29) is 5.91 Å². The van der Waals surface area contributed by atoms with Gasteiger partial charge in [0, 0.05) is 21.2 Å². The molecule has 1 N–H and O–H groups in total. The lowest BCUT2D eigenvalue weighted by Gasteiger charge is -2.16. The molecule has 1 aliphatic heterocycles. The minimum atomic E-state index is 0.0151. The quantitative estimate of drug-likeness (QED) is 0.817. The smallest absolute Gasteiger partial charge is 0.262 e. The van der Waals surface area contributed by atoms with Crippen LogP contribution < -0.4 is 5.32 Å². The Balaban J connectivity index is 1.59. The molecule has 0 saturated carbocycles. The van der Waals surface area contributed by atoms with Gasteiger partial charge in [-0.15, -0.1) is 23.1 Å². The van der Waals surface area contributed by atoms with E-state index in [4.69, 9.17) is 0 Å². The minimum absolute atomic E-state index is 0.0151. The molecule has 4 heteroatoms. The van der Waals surface area contributed by atoms with Crippen LogP contribution in [0.3, 0.4) is 0 Å². The first kappa shape index (κ1) is 15.0. The van der Waals surface area contributed by atoms with Gasteiger partial charge in [0.05, 0.1) is 4.91 Å². The van der Waals surface area contributed by atoms with Crippen molar-refractivity contribution in [3.63, 3.8) is 0 Å². The molecule has 0 spiro atoms. The van der Waals surface area contributed by atoms with E-state index >= 15 is 0 Å².